The number of benzene rings is 2. The molecule has 7 heteroatoms. The second-order valence-corrected chi connectivity index (χ2v) is 5.59. The maximum atomic E-state index is 12.0. The zero-order chi connectivity index (χ0) is 16.9. The Morgan fingerprint density at radius 3 is 2.71 bits per heavy atom. The van der Waals surface area contributed by atoms with Crippen molar-refractivity contribution in [3.63, 3.8) is 0 Å². The van der Waals surface area contributed by atoms with Crippen LogP contribution in [0.25, 0.3) is 11.4 Å². The number of aryl methyl sites for hydroxylation is 1. The average Bonchev–Trinajstić information content (AvgIpc) is 3.01. The quantitative estimate of drug-likeness (QED) is 0.750. The molecule has 0 saturated heterocycles. The van der Waals surface area contributed by atoms with Gasteiger partial charge in [-0.1, -0.05) is 41.0 Å². The Kier molecular flexibility index (Phi) is 4.77. The predicted molar refractivity (Wildman–Crippen MR) is 91.8 cm³/mol. The summed E-state index contributed by atoms with van der Waals surface area (Å²) in [5, 5.41) is 10.1. The number of amides is 2. The third-order valence-electron chi connectivity index (χ3n) is 3.27. The van der Waals surface area contributed by atoms with Crippen LogP contribution < -0.4 is 10.6 Å². The van der Waals surface area contributed by atoms with Crippen molar-refractivity contribution in [3.8, 4) is 11.4 Å². The van der Waals surface area contributed by atoms with E-state index < -0.39 is 0 Å². The monoisotopic (exact) mass is 342 g/mol. The first-order valence-corrected chi connectivity index (χ1v) is 7.68. The van der Waals surface area contributed by atoms with Crippen molar-refractivity contribution in [1.82, 2.24) is 15.5 Å². The van der Waals surface area contributed by atoms with Crippen LogP contribution in [-0.2, 0) is 6.54 Å². The fourth-order valence-corrected chi connectivity index (χ4v) is 2.24. The third kappa shape index (κ3) is 4.11. The highest BCUT2D eigenvalue weighted by Crippen LogP contribution is 2.19. The van der Waals surface area contributed by atoms with Gasteiger partial charge in [-0.05, 0) is 29.8 Å². The summed E-state index contributed by atoms with van der Waals surface area (Å²) in [6.45, 7) is 2.13. The molecule has 0 aliphatic carbocycles. The van der Waals surface area contributed by atoms with Crippen molar-refractivity contribution in [2.45, 2.75) is 13.5 Å². The van der Waals surface area contributed by atoms with E-state index in [0.29, 0.717) is 29.0 Å². The van der Waals surface area contributed by atoms with E-state index in [2.05, 4.69) is 20.8 Å². The maximum absolute atomic E-state index is 12.0. The van der Waals surface area contributed by atoms with Gasteiger partial charge in [0.1, 0.15) is 0 Å². The molecule has 2 N–H and O–H groups in total. The van der Waals surface area contributed by atoms with Crippen LogP contribution in [0, 0.1) is 6.92 Å². The summed E-state index contributed by atoms with van der Waals surface area (Å²) in [5.74, 6) is 0.974. The summed E-state index contributed by atoms with van der Waals surface area (Å²) in [5.41, 5.74) is 2.37. The van der Waals surface area contributed by atoms with E-state index in [1.54, 1.807) is 31.2 Å². The molecule has 122 valence electrons. The van der Waals surface area contributed by atoms with Crippen LogP contribution in [0.4, 0.5) is 10.5 Å². The van der Waals surface area contributed by atoms with Crippen LogP contribution in [0.2, 0.25) is 5.02 Å². The average molecular weight is 343 g/mol. The molecule has 0 fully saturated rings. The molecule has 2 aromatic carbocycles. The van der Waals surface area contributed by atoms with Crippen LogP contribution in [-0.4, -0.2) is 16.2 Å². The topological polar surface area (TPSA) is 80.0 Å². The fourth-order valence-electron chi connectivity index (χ4n) is 2.11. The van der Waals surface area contributed by atoms with Crippen LogP contribution in [0.5, 0.6) is 0 Å². The van der Waals surface area contributed by atoms with Gasteiger partial charge in [0.2, 0.25) is 11.7 Å². The minimum absolute atomic E-state index is 0.300. The maximum Gasteiger partial charge on any atom is 0.319 e. The first kappa shape index (κ1) is 16.0. The molecule has 1 aromatic heterocycles. The molecule has 0 bridgehead atoms. The highest BCUT2D eigenvalue weighted by Gasteiger charge is 2.08. The first-order chi connectivity index (χ1) is 11.6. The zero-order valence-electron chi connectivity index (χ0n) is 12.9. The molecule has 3 rings (SSSR count). The van der Waals surface area contributed by atoms with E-state index in [-0.39, 0.29) is 6.03 Å². The minimum atomic E-state index is -0.300. The molecule has 1 heterocycles. The van der Waals surface area contributed by atoms with E-state index in [0.717, 1.165) is 11.1 Å². The normalized spacial score (nSPS) is 10.4. The number of carbonyl (C=O) groups is 1. The summed E-state index contributed by atoms with van der Waals surface area (Å²) in [4.78, 5) is 16.2. The highest BCUT2D eigenvalue weighted by molar-refractivity contribution is 6.30. The third-order valence-corrected chi connectivity index (χ3v) is 3.52. The fraction of sp³-hybridized carbons (Fsp3) is 0.118. The molecule has 0 saturated carbocycles. The molecule has 24 heavy (non-hydrogen) atoms. The smallest absolute Gasteiger partial charge is 0.319 e. The Morgan fingerprint density at radius 2 is 2.00 bits per heavy atom. The number of nitrogens with one attached hydrogen (secondary N) is 2. The molecule has 6 nitrogen and oxygen atoms in total. The van der Waals surface area contributed by atoms with Gasteiger partial charge in [-0.25, -0.2) is 4.79 Å². The molecular weight excluding hydrogens is 328 g/mol. The Hall–Kier alpha value is -2.86. The van der Waals surface area contributed by atoms with Crippen molar-refractivity contribution in [1.29, 1.82) is 0 Å². The van der Waals surface area contributed by atoms with Gasteiger partial charge in [-0.3, -0.25) is 0 Å². The van der Waals surface area contributed by atoms with Crippen molar-refractivity contribution >= 4 is 23.3 Å². The number of nitrogens with zero attached hydrogens (tertiary/aromatic N) is 2. The number of hydrogen-bond acceptors (Lipinski definition) is 4. The SMILES string of the molecule is Cc1nc(-c2cccc(NC(=O)NCc3ccc(Cl)cc3)c2)no1. The lowest BCUT2D eigenvalue weighted by molar-refractivity contribution is 0.251. The van der Waals surface area contributed by atoms with Gasteiger partial charge in [0.15, 0.2) is 0 Å². The van der Waals surface area contributed by atoms with Gasteiger partial charge >= 0.3 is 6.03 Å². The Bertz CT molecular complexity index is 846. The van der Waals surface area contributed by atoms with Gasteiger partial charge in [0.05, 0.1) is 0 Å². The molecule has 0 atom stereocenters. The van der Waals surface area contributed by atoms with E-state index in [1.807, 2.05) is 24.3 Å². The summed E-state index contributed by atoms with van der Waals surface area (Å²) < 4.78 is 4.97. The summed E-state index contributed by atoms with van der Waals surface area (Å²) in [7, 11) is 0. The summed E-state index contributed by atoms with van der Waals surface area (Å²) >= 11 is 5.83. The second kappa shape index (κ2) is 7.14. The number of aromatic nitrogens is 2. The van der Waals surface area contributed by atoms with Crippen LogP contribution in [0.3, 0.4) is 0 Å². The van der Waals surface area contributed by atoms with Gasteiger partial charge in [0, 0.05) is 29.7 Å². The van der Waals surface area contributed by atoms with Gasteiger partial charge in [-0.15, -0.1) is 0 Å². The van der Waals surface area contributed by atoms with E-state index in [4.69, 9.17) is 16.1 Å². The van der Waals surface area contributed by atoms with Gasteiger partial charge in [0.25, 0.3) is 0 Å². The molecule has 0 aliphatic rings. The number of halogens is 1. The molecule has 0 unspecified atom stereocenters. The van der Waals surface area contributed by atoms with Crippen molar-refractivity contribution in [2.75, 3.05) is 5.32 Å². The van der Waals surface area contributed by atoms with Crippen molar-refractivity contribution in [3.05, 3.63) is 65.0 Å². The number of anilines is 1. The lowest BCUT2D eigenvalue weighted by Gasteiger charge is -2.08. The number of rotatable bonds is 4. The highest BCUT2D eigenvalue weighted by atomic mass is 35.5. The summed E-state index contributed by atoms with van der Waals surface area (Å²) in [6, 6.07) is 14.2. The van der Waals surface area contributed by atoms with Crippen LogP contribution >= 0.6 is 11.6 Å². The largest absolute Gasteiger partial charge is 0.339 e. The van der Waals surface area contributed by atoms with Crippen LogP contribution in [0.1, 0.15) is 11.5 Å². The van der Waals surface area contributed by atoms with Crippen LogP contribution in [0.15, 0.2) is 53.1 Å². The minimum Gasteiger partial charge on any atom is -0.339 e. The van der Waals surface area contributed by atoms with Crippen molar-refractivity contribution in [2.24, 2.45) is 0 Å². The van der Waals surface area contributed by atoms with E-state index in [1.165, 1.54) is 0 Å². The molecule has 0 radical (unpaired) electrons. The first-order valence-electron chi connectivity index (χ1n) is 7.30. The molecule has 0 spiro atoms. The Morgan fingerprint density at radius 1 is 1.21 bits per heavy atom. The van der Waals surface area contributed by atoms with E-state index >= 15 is 0 Å². The number of urea groups is 1. The lowest BCUT2D eigenvalue weighted by Crippen LogP contribution is -2.28. The lowest BCUT2D eigenvalue weighted by atomic mass is 10.2. The number of carbonyl (C=O) groups excluding carboxylic acids is 1. The predicted octanol–water partition coefficient (Wildman–Crippen LogP) is 4.02. The Balaban J connectivity index is 1.61. The van der Waals surface area contributed by atoms with Gasteiger partial charge in [-0.2, -0.15) is 4.98 Å². The van der Waals surface area contributed by atoms with Crippen molar-refractivity contribution < 1.29 is 9.32 Å². The van der Waals surface area contributed by atoms with E-state index in [9.17, 15) is 4.79 Å². The molecule has 3 aromatic rings. The molecule has 0 aliphatic heterocycles. The molecule has 2 amide bonds. The summed E-state index contributed by atoms with van der Waals surface area (Å²) in [6.07, 6.45) is 0. The standard InChI is InChI=1S/C17H15ClN4O2/c1-11-20-16(22-24-11)13-3-2-4-15(9-13)21-17(23)19-10-12-5-7-14(18)8-6-12/h2-9H,10H2,1H3,(H2,19,21,23). The number of hydrogen-bond donors (Lipinski definition) is 2. The second-order valence-electron chi connectivity index (χ2n) is 5.15. The Labute approximate surface area is 143 Å². The van der Waals surface area contributed by atoms with Gasteiger partial charge < -0.3 is 15.2 Å². The zero-order valence-corrected chi connectivity index (χ0v) is 13.7. The molecular formula is C17H15ClN4O2.